The van der Waals surface area contributed by atoms with Crippen LogP contribution in [0, 0.1) is 0 Å². The molecule has 0 radical (unpaired) electrons. The smallest absolute Gasteiger partial charge is 0.416 e. The first-order chi connectivity index (χ1) is 18.6. The third-order valence-corrected chi connectivity index (χ3v) is 5.72. The number of alkyl halides is 6. The van der Waals surface area contributed by atoms with Crippen LogP contribution >= 0.6 is 11.6 Å². The predicted octanol–water partition coefficient (Wildman–Crippen LogP) is 4.16. The molecule has 16 heteroatoms. The molecule has 0 aliphatic heterocycles. The topological polar surface area (TPSA) is 121 Å². The lowest BCUT2D eigenvalue weighted by atomic mass is 10.0. The van der Waals surface area contributed by atoms with Crippen molar-refractivity contribution in [2.45, 2.75) is 44.3 Å². The van der Waals surface area contributed by atoms with Gasteiger partial charge in [-0.25, -0.2) is 14.3 Å². The highest BCUT2D eigenvalue weighted by Gasteiger charge is 2.31. The molecule has 2 aromatic carbocycles. The molecule has 2 amide bonds. The van der Waals surface area contributed by atoms with Gasteiger partial charge in [0.05, 0.1) is 18.0 Å². The lowest BCUT2D eigenvalue weighted by molar-refractivity contribution is -0.138. The van der Waals surface area contributed by atoms with E-state index in [1.165, 1.54) is 30.3 Å². The van der Waals surface area contributed by atoms with Gasteiger partial charge in [-0.3, -0.25) is 9.36 Å². The molecule has 9 nitrogen and oxygen atoms in total. The van der Waals surface area contributed by atoms with Gasteiger partial charge in [0.2, 0.25) is 5.91 Å². The van der Waals surface area contributed by atoms with Crippen LogP contribution in [0.1, 0.15) is 17.5 Å². The number of rotatable bonds is 10. The van der Waals surface area contributed by atoms with Crippen molar-refractivity contribution < 1.29 is 40.7 Å². The van der Waals surface area contributed by atoms with Gasteiger partial charge < -0.3 is 15.8 Å². The van der Waals surface area contributed by atoms with E-state index in [9.17, 15) is 40.7 Å². The van der Waals surface area contributed by atoms with Crippen molar-refractivity contribution >= 4 is 23.6 Å². The molecule has 3 aromatic rings. The summed E-state index contributed by atoms with van der Waals surface area (Å²) in [5.74, 6) is -1.02. The number of hydrogen-bond donors (Lipinski definition) is 2. The molecule has 0 spiro atoms. The number of nitrogens with zero attached hydrogens (tertiary/aromatic N) is 3. The minimum atomic E-state index is -4.62. The highest BCUT2D eigenvalue weighted by molar-refractivity contribution is 6.30. The Hall–Kier alpha value is -4.01. The zero-order valence-electron chi connectivity index (χ0n) is 20.4. The zero-order valence-corrected chi connectivity index (χ0v) is 21.2. The molecule has 0 saturated heterocycles. The Morgan fingerprint density at radius 1 is 1.07 bits per heavy atom. The summed E-state index contributed by atoms with van der Waals surface area (Å²) in [4.78, 5) is 36.8. The van der Waals surface area contributed by atoms with E-state index < -0.39 is 67.8 Å². The van der Waals surface area contributed by atoms with E-state index in [0.29, 0.717) is 9.70 Å². The molecule has 0 saturated carbocycles. The molecule has 0 bridgehead atoms. The summed E-state index contributed by atoms with van der Waals surface area (Å²) in [6, 6.07) is 8.93. The minimum Gasteiger partial charge on any atom is -0.448 e. The van der Waals surface area contributed by atoms with E-state index >= 15 is 0 Å². The minimum absolute atomic E-state index is 0.142. The van der Waals surface area contributed by atoms with Gasteiger partial charge in [-0.15, -0.1) is 5.10 Å². The summed E-state index contributed by atoms with van der Waals surface area (Å²) in [6.45, 7) is -2.04. The molecule has 40 heavy (non-hydrogen) atoms. The van der Waals surface area contributed by atoms with Crippen molar-refractivity contribution in [2.24, 2.45) is 5.73 Å². The molecule has 3 N–H and O–H groups in total. The number of benzene rings is 2. The molecule has 1 atom stereocenters. The number of nitrogens with two attached hydrogens (primary N) is 1. The zero-order chi connectivity index (χ0) is 29.7. The monoisotopic (exact) mass is 593 g/mol. The van der Waals surface area contributed by atoms with E-state index in [4.69, 9.17) is 22.1 Å². The summed E-state index contributed by atoms with van der Waals surface area (Å²) < 4.78 is 84.0. The van der Waals surface area contributed by atoms with Crippen molar-refractivity contribution in [1.29, 1.82) is 0 Å². The predicted molar refractivity (Wildman–Crippen MR) is 130 cm³/mol. The fourth-order valence-electron chi connectivity index (χ4n) is 3.70. The second-order valence-corrected chi connectivity index (χ2v) is 9.02. The molecule has 0 aliphatic rings. The lowest BCUT2D eigenvalue weighted by Gasteiger charge is -2.19. The number of nitrogens with one attached hydrogen (secondary N) is 1. The molecular formula is C24H22ClF6N5O4. The SMILES string of the molecule is NC(=O)OC[C@@H](Cc1cccc(C(F)(F)F)c1)NC(=O)Cn1nc(-c2ccc(Cl)cc2)n(CCC(F)(F)F)c1=O. The van der Waals surface area contributed by atoms with E-state index in [0.717, 1.165) is 22.8 Å². The summed E-state index contributed by atoms with van der Waals surface area (Å²) in [7, 11) is 0. The maximum absolute atomic E-state index is 13.1. The van der Waals surface area contributed by atoms with Crippen molar-refractivity contribution in [3.8, 4) is 11.4 Å². The molecule has 1 aromatic heterocycles. The number of carbonyl (C=O) groups excluding carboxylic acids is 2. The molecule has 1 heterocycles. The first-order valence-electron chi connectivity index (χ1n) is 11.5. The quantitative estimate of drug-likeness (QED) is 0.342. The third kappa shape index (κ3) is 8.76. The van der Waals surface area contributed by atoms with E-state index in [2.05, 4.69) is 10.4 Å². The van der Waals surface area contributed by atoms with Crippen LogP contribution in [0.2, 0.25) is 5.02 Å². The Kier molecular flexibility index (Phi) is 9.50. The van der Waals surface area contributed by atoms with Gasteiger partial charge >= 0.3 is 24.1 Å². The van der Waals surface area contributed by atoms with Crippen molar-refractivity contribution in [2.75, 3.05) is 6.61 Å². The Labute approximate surface area is 227 Å². The first-order valence-corrected chi connectivity index (χ1v) is 11.9. The normalized spacial score (nSPS) is 12.7. The number of carbonyl (C=O) groups is 2. The summed E-state index contributed by atoms with van der Waals surface area (Å²) in [5, 5.41) is 6.78. The highest BCUT2D eigenvalue weighted by Crippen LogP contribution is 2.30. The van der Waals surface area contributed by atoms with Crippen LogP contribution in [0.4, 0.5) is 31.1 Å². The number of amides is 2. The standard InChI is InChI=1S/C24H22ClF6N5O4/c25-17-6-4-15(5-7-17)20-34-36(22(39)35(20)9-8-23(26,27)28)12-19(37)33-18(13-40-21(32)38)11-14-2-1-3-16(10-14)24(29,30)31/h1-7,10,18H,8-9,11-13H2,(H2,32,38)(H,33,37)/t18-/m1/s1. The van der Waals surface area contributed by atoms with Crippen LogP contribution in [0.3, 0.4) is 0 Å². The van der Waals surface area contributed by atoms with Crippen LogP contribution in [-0.4, -0.2) is 45.2 Å². The Morgan fingerprint density at radius 3 is 2.35 bits per heavy atom. The van der Waals surface area contributed by atoms with Crippen LogP contribution in [0.15, 0.2) is 53.3 Å². The van der Waals surface area contributed by atoms with Crippen LogP contribution in [0.5, 0.6) is 0 Å². The van der Waals surface area contributed by atoms with E-state index in [1.807, 2.05) is 0 Å². The van der Waals surface area contributed by atoms with E-state index in [-0.39, 0.29) is 23.4 Å². The maximum atomic E-state index is 13.1. The number of halogens is 7. The Morgan fingerprint density at radius 2 is 1.75 bits per heavy atom. The van der Waals surface area contributed by atoms with Crippen molar-refractivity contribution in [3.63, 3.8) is 0 Å². The summed E-state index contributed by atoms with van der Waals surface area (Å²) in [6.07, 6.45) is -11.9. The van der Waals surface area contributed by atoms with Gasteiger partial charge in [0, 0.05) is 17.1 Å². The molecule has 0 aliphatic carbocycles. The average molecular weight is 594 g/mol. The average Bonchev–Trinajstić information content (AvgIpc) is 3.15. The second kappa shape index (κ2) is 12.4. The fourth-order valence-corrected chi connectivity index (χ4v) is 3.83. The van der Waals surface area contributed by atoms with E-state index in [1.54, 1.807) is 0 Å². The molecule has 0 fully saturated rings. The number of hydrogen-bond acceptors (Lipinski definition) is 5. The maximum Gasteiger partial charge on any atom is 0.416 e. The third-order valence-electron chi connectivity index (χ3n) is 5.47. The summed E-state index contributed by atoms with van der Waals surface area (Å²) >= 11 is 5.86. The Bertz CT molecular complexity index is 1400. The van der Waals surface area contributed by atoms with Crippen molar-refractivity contribution in [1.82, 2.24) is 19.7 Å². The summed E-state index contributed by atoms with van der Waals surface area (Å²) in [5.41, 5.74) is 3.43. The van der Waals surface area contributed by atoms with Crippen molar-refractivity contribution in [3.05, 3.63) is 75.2 Å². The van der Waals surface area contributed by atoms with Gasteiger partial charge in [0.1, 0.15) is 13.2 Å². The first kappa shape index (κ1) is 30.5. The van der Waals surface area contributed by atoms with Gasteiger partial charge in [-0.05, 0) is 42.3 Å². The largest absolute Gasteiger partial charge is 0.448 e. The number of ether oxygens (including phenoxy) is 1. The van der Waals surface area contributed by atoms with Crippen LogP contribution < -0.4 is 16.7 Å². The molecule has 0 unspecified atom stereocenters. The van der Waals surface area contributed by atoms with Crippen LogP contribution in [0.25, 0.3) is 11.4 Å². The van der Waals surface area contributed by atoms with Gasteiger partial charge in [0.15, 0.2) is 5.82 Å². The lowest BCUT2D eigenvalue weighted by Crippen LogP contribution is -2.43. The molecular weight excluding hydrogens is 572 g/mol. The van der Waals surface area contributed by atoms with Gasteiger partial charge in [0.25, 0.3) is 0 Å². The van der Waals surface area contributed by atoms with Gasteiger partial charge in [-0.2, -0.15) is 26.3 Å². The Balaban J connectivity index is 1.84. The fraction of sp³-hybridized carbons (Fsp3) is 0.333. The number of aromatic nitrogens is 3. The molecule has 3 rings (SSSR count). The number of primary amides is 1. The molecule has 216 valence electrons. The highest BCUT2D eigenvalue weighted by atomic mass is 35.5. The van der Waals surface area contributed by atoms with Gasteiger partial charge in [-0.1, -0.05) is 29.8 Å². The van der Waals surface area contributed by atoms with Crippen LogP contribution in [-0.2, 0) is 35.2 Å². The second-order valence-electron chi connectivity index (χ2n) is 8.58.